The summed E-state index contributed by atoms with van der Waals surface area (Å²) in [6.45, 7) is 7.05. The number of nitrogens with zero attached hydrogens (tertiary/aromatic N) is 1. The molecule has 1 aliphatic heterocycles. The van der Waals surface area contributed by atoms with Crippen LogP contribution in [0.3, 0.4) is 0 Å². The molecule has 1 saturated heterocycles. The van der Waals surface area contributed by atoms with Gasteiger partial charge < -0.3 is 9.47 Å². The van der Waals surface area contributed by atoms with Crippen LogP contribution in [0.4, 0.5) is 0 Å². The SMILES string of the molecule is CCOC(=O)C(CCS)CCCN1CCOCC1. The molecule has 0 radical (unpaired) electrons. The average molecular weight is 275 g/mol. The molecule has 5 heteroatoms. The van der Waals surface area contributed by atoms with Gasteiger partial charge in [0.2, 0.25) is 0 Å². The minimum Gasteiger partial charge on any atom is -0.466 e. The highest BCUT2D eigenvalue weighted by Crippen LogP contribution is 2.15. The predicted molar refractivity (Wildman–Crippen MR) is 75.1 cm³/mol. The first-order chi connectivity index (χ1) is 8.77. The van der Waals surface area contributed by atoms with Crippen molar-refractivity contribution in [1.29, 1.82) is 0 Å². The molecule has 1 atom stereocenters. The summed E-state index contributed by atoms with van der Waals surface area (Å²) in [6.07, 6.45) is 2.75. The minimum absolute atomic E-state index is 0.0171. The van der Waals surface area contributed by atoms with Crippen LogP contribution in [0.15, 0.2) is 0 Å². The molecule has 0 aliphatic carbocycles. The van der Waals surface area contributed by atoms with E-state index in [2.05, 4.69) is 17.5 Å². The lowest BCUT2D eigenvalue weighted by molar-refractivity contribution is -0.148. The van der Waals surface area contributed by atoms with Gasteiger partial charge in [0.05, 0.1) is 25.7 Å². The van der Waals surface area contributed by atoms with E-state index in [0.717, 1.165) is 57.9 Å². The van der Waals surface area contributed by atoms with Gasteiger partial charge in [-0.2, -0.15) is 12.6 Å². The highest BCUT2D eigenvalue weighted by atomic mass is 32.1. The Balaban J connectivity index is 2.21. The summed E-state index contributed by atoms with van der Waals surface area (Å²) in [5, 5.41) is 0. The molecule has 0 amide bonds. The van der Waals surface area contributed by atoms with Crippen molar-refractivity contribution < 1.29 is 14.3 Å². The summed E-state index contributed by atoms with van der Waals surface area (Å²) < 4.78 is 10.4. The van der Waals surface area contributed by atoms with Crippen LogP contribution in [0.25, 0.3) is 0 Å². The van der Waals surface area contributed by atoms with Crippen molar-refractivity contribution in [2.24, 2.45) is 5.92 Å². The van der Waals surface area contributed by atoms with Crippen molar-refractivity contribution in [3.8, 4) is 0 Å². The van der Waals surface area contributed by atoms with Crippen molar-refractivity contribution in [3.63, 3.8) is 0 Å². The fourth-order valence-electron chi connectivity index (χ4n) is 2.18. The minimum atomic E-state index is -0.0615. The number of rotatable bonds is 8. The van der Waals surface area contributed by atoms with Gasteiger partial charge in [0.25, 0.3) is 0 Å². The Kier molecular flexibility index (Phi) is 8.46. The van der Waals surface area contributed by atoms with Crippen molar-refractivity contribution in [3.05, 3.63) is 0 Å². The second-order valence-electron chi connectivity index (χ2n) is 4.56. The lowest BCUT2D eigenvalue weighted by Crippen LogP contribution is -2.37. The third kappa shape index (κ3) is 6.07. The van der Waals surface area contributed by atoms with Gasteiger partial charge in [-0.1, -0.05) is 0 Å². The van der Waals surface area contributed by atoms with E-state index < -0.39 is 0 Å². The van der Waals surface area contributed by atoms with E-state index in [1.807, 2.05) is 6.92 Å². The molecule has 0 bridgehead atoms. The van der Waals surface area contributed by atoms with E-state index in [1.165, 1.54) is 0 Å². The van der Waals surface area contributed by atoms with Gasteiger partial charge >= 0.3 is 5.97 Å². The Morgan fingerprint density at radius 2 is 2.11 bits per heavy atom. The summed E-state index contributed by atoms with van der Waals surface area (Å²) in [5.41, 5.74) is 0. The van der Waals surface area contributed by atoms with Crippen LogP contribution in [0.5, 0.6) is 0 Å². The second-order valence-corrected chi connectivity index (χ2v) is 5.00. The summed E-state index contributed by atoms with van der Waals surface area (Å²) in [7, 11) is 0. The van der Waals surface area contributed by atoms with Crippen LogP contribution in [0.1, 0.15) is 26.2 Å². The molecule has 1 aliphatic rings. The zero-order chi connectivity index (χ0) is 13.2. The van der Waals surface area contributed by atoms with Crippen molar-refractivity contribution in [2.45, 2.75) is 26.2 Å². The first kappa shape index (κ1) is 15.8. The highest BCUT2D eigenvalue weighted by molar-refractivity contribution is 7.80. The molecule has 0 aromatic carbocycles. The zero-order valence-corrected chi connectivity index (χ0v) is 12.2. The molecule has 4 nitrogen and oxygen atoms in total. The molecule has 0 aromatic rings. The number of thiol groups is 1. The first-order valence-electron chi connectivity index (χ1n) is 6.85. The monoisotopic (exact) mass is 275 g/mol. The van der Waals surface area contributed by atoms with Crippen LogP contribution in [0, 0.1) is 5.92 Å². The van der Waals surface area contributed by atoms with Crippen molar-refractivity contribution >= 4 is 18.6 Å². The molecule has 0 N–H and O–H groups in total. The lowest BCUT2D eigenvalue weighted by Gasteiger charge is -2.27. The fraction of sp³-hybridized carbons (Fsp3) is 0.923. The van der Waals surface area contributed by atoms with E-state index >= 15 is 0 Å². The summed E-state index contributed by atoms with van der Waals surface area (Å²) in [5.74, 6) is 0.693. The standard InChI is InChI=1S/C13H25NO3S/c1-2-17-13(15)12(5-11-18)4-3-6-14-7-9-16-10-8-14/h12,18H,2-11H2,1H3. The maximum absolute atomic E-state index is 11.7. The Hall–Kier alpha value is -0.260. The summed E-state index contributed by atoms with van der Waals surface area (Å²) in [6, 6.07) is 0. The van der Waals surface area contributed by atoms with E-state index in [1.54, 1.807) is 0 Å². The molecule has 106 valence electrons. The van der Waals surface area contributed by atoms with E-state index in [4.69, 9.17) is 9.47 Å². The van der Waals surface area contributed by atoms with Gasteiger partial charge in [0, 0.05) is 13.1 Å². The fourth-order valence-corrected chi connectivity index (χ4v) is 2.49. The average Bonchev–Trinajstić information content (AvgIpc) is 2.39. The molecular formula is C13H25NO3S. The Labute approximate surface area is 115 Å². The molecule has 1 unspecified atom stereocenters. The first-order valence-corrected chi connectivity index (χ1v) is 7.48. The van der Waals surface area contributed by atoms with Gasteiger partial charge in [-0.15, -0.1) is 0 Å². The Morgan fingerprint density at radius 1 is 1.39 bits per heavy atom. The molecule has 0 aromatic heterocycles. The number of hydrogen-bond acceptors (Lipinski definition) is 5. The quantitative estimate of drug-likeness (QED) is 0.539. The third-order valence-electron chi connectivity index (χ3n) is 3.23. The van der Waals surface area contributed by atoms with E-state index in [0.29, 0.717) is 6.61 Å². The zero-order valence-electron chi connectivity index (χ0n) is 11.3. The molecule has 1 rings (SSSR count). The molecule has 18 heavy (non-hydrogen) atoms. The number of ether oxygens (including phenoxy) is 2. The maximum Gasteiger partial charge on any atom is 0.308 e. The van der Waals surface area contributed by atoms with Gasteiger partial charge in [0.15, 0.2) is 0 Å². The van der Waals surface area contributed by atoms with Crippen LogP contribution in [-0.2, 0) is 14.3 Å². The largest absolute Gasteiger partial charge is 0.466 e. The molecule has 0 saturated carbocycles. The maximum atomic E-state index is 11.7. The molecule has 1 heterocycles. The van der Waals surface area contributed by atoms with Gasteiger partial charge in [-0.25, -0.2) is 0 Å². The molecule has 1 fully saturated rings. The van der Waals surface area contributed by atoms with Gasteiger partial charge in [-0.05, 0) is 38.5 Å². The van der Waals surface area contributed by atoms with Crippen molar-refractivity contribution in [1.82, 2.24) is 4.90 Å². The third-order valence-corrected chi connectivity index (χ3v) is 3.49. The molecule has 0 spiro atoms. The van der Waals surface area contributed by atoms with Gasteiger partial charge in [-0.3, -0.25) is 9.69 Å². The number of esters is 1. The van der Waals surface area contributed by atoms with Gasteiger partial charge in [0.1, 0.15) is 0 Å². The number of carbonyl (C=O) groups is 1. The predicted octanol–water partition coefficient (Wildman–Crippen LogP) is 1.60. The van der Waals surface area contributed by atoms with Crippen LogP contribution in [-0.4, -0.2) is 56.1 Å². The smallest absolute Gasteiger partial charge is 0.308 e. The van der Waals surface area contributed by atoms with E-state index in [-0.39, 0.29) is 11.9 Å². The summed E-state index contributed by atoms with van der Waals surface area (Å²) in [4.78, 5) is 14.1. The normalized spacial score (nSPS) is 18.6. The lowest BCUT2D eigenvalue weighted by atomic mass is 10.0. The van der Waals surface area contributed by atoms with E-state index in [9.17, 15) is 4.79 Å². The van der Waals surface area contributed by atoms with Crippen molar-refractivity contribution in [2.75, 3.05) is 45.2 Å². The number of hydrogen-bond donors (Lipinski definition) is 1. The Morgan fingerprint density at radius 3 is 2.72 bits per heavy atom. The van der Waals surface area contributed by atoms with Crippen LogP contribution in [0.2, 0.25) is 0 Å². The second kappa shape index (κ2) is 9.64. The number of carbonyl (C=O) groups excluding carboxylic acids is 1. The highest BCUT2D eigenvalue weighted by Gasteiger charge is 2.19. The Bertz CT molecular complexity index is 232. The van der Waals surface area contributed by atoms with Crippen LogP contribution >= 0.6 is 12.6 Å². The summed E-state index contributed by atoms with van der Waals surface area (Å²) >= 11 is 4.21. The topological polar surface area (TPSA) is 38.8 Å². The number of morpholine rings is 1. The molecular weight excluding hydrogens is 250 g/mol. The van der Waals surface area contributed by atoms with Crippen LogP contribution < -0.4 is 0 Å².